The minimum atomic E-state index is -1.01. The third-order valence-electron chi connectivity index (χ3n) is 19.6. The summed E-state index contributed by atoms with van der Waals surface area (Å²) in [5.41, 5.74) is 17.2. The van der Waals surface area contributed by atoms with Crippen LogP contribution in [0.4, 0.5) is 0 Å². The Balaban J connectivity index is 0.000000159. The van der Waals surface area contributed by atoms with Crippen LogP contribution in [0.2, 0.25) is 0 Å². The molecule has 2 spiro atoms. The van der Waals surface area contributed by atoms with Crippen LogP contribution in [0, 0.1) is 0 Å². The van der Waals surface area contributed by atoms with Crippen molar-refractivity contribution >= 4 is 44.0 Å². The minimum absolute atomic E-state index is 0.0395. The van der Waals surface area contributed by atoms with Crippen LogP contribution in [0.3, 0.4) is 0 Å². The van der Waals surface area contributed by atoms with Crippen LogP contribution in [-0.4, -0.2) is 76.6 Å². The first-order valence-electron chi connectivity index (χ1n) is 29.3. The second-order valence-corrected chi connectivity index (χ2v) is 28.1. The van der Waals surface area contributed by atoms with Crippen molar-refractivity contribution in [1.29, 1.82) is 0 Å². The topological polar surface area (TPSA) is 99.4 Å². The summed E-state index contributed by atoms with van der Waals surface area (Å²) in [5, 5.41) is 36.4. The van der Waals surface area contributed by atoms with E-state index in [1.54, 1.807) is 55.4 Å². The lowest BCUT2D eigenvalue weighted by Crippen LogP contribution is -2.44. The summed E-state index contributed by atoms with van der Waals surface area (Å²) >= 11 is 3.87. The van der Waals surface area contributed by atoms with Crippen molar-refractivity contribution < 1.29 is 29.7 Å². The van der Waals surface area contributed by atoms with E-state index in [2.05, 4.69) is 269 Å². The molecule has 4 radical (unpaired) electrons. The molecular formula is C74H82B3BrO6. The summed E-state index contributed by atoms with van der Waals surface area (Å²) in [6.45, 7) is 30.6. The number of hydrogen-bond donors (Lipinski definition) is 4. The molecule has 430 valence electrons. The van der Waals surface area contributed by atoms with E-state index in [1.807, 2.05) is 0 Å². The second-order valence-electron chi connectivity index (χ2n) is 27.3. The fourth-order valence-electron chi connectivity index (χ4n) is 13.0. The van der Waals surface area contributed by atoms with Crippen LogP contribution in [0.1, 0.15) is 178 Å². The Hall–Kier alpha value is -5.81. The molecule has 84 heavy (non-hydrogen) atoms. The molecule has 0 bridgehead atoms. The molecule has 8 aromatic carbocycles. The number of rotatable bonds is 3. The summed E-state index contributed by atoms with van der Waals surface area (Å²) < 4.78 is 14.4. The van der Waals surface area contributed by atoms with E-state index in [-0.39, 0.29) is 16.2 Å². The van der Waals surface area contributed by atoms with E-state index < -0.39 is 46.1 Å². The van der Waals surface area contributed by atoms with Gasteiger partial charge in [-0.3, -0.25) is 0 Å². The number of hydrogen-bond acceptors (Lipinski definition) is 6. The molecule has 5 aliphatic rings. The van der Waals surface area contributed by atoms with E-state index >= 15 is 0 Å². The Morgan fingerprint density at radius 2 is 0.583 bits per heavy atom. The Kier molecular flexibility index (Phi) is 16.3. The highest BCUT2D eigenvalue weighted by Crippen LogP contribution is 2.64. The fraction of sp³-hybridized carbons (Fsp3) is 0.351. The summed E-state index contributed by atoms with van der Waals surface area (Å²) in [7, 11) is 7.58. The maximum atomic E-state index is 9.10. The van der Waals surface area contributed by atoms with Crippen LogP contribution >= 0.6 is 15.9 Å². The second kappa shape index (κ2) is 21.9. The Morgan fingerprint density at radius 3 is 0.905 bits per heavy atom. The zero-order valence-electron chi connectivity index (χ0n) is 52.0. The van der Waals surface area contributed by atoms with Gasteiger partial charge in [-0.15, -0.1) is 0 Å². The van der Waals surface area contributed by atoms with E-state index in [9.17, 15) is 0 Å². The van der Waals surface area contributed by atoms with Gasteiger partial charge in [0.25, 0.3) is 0 Å². The van der Waals surface area contributed by atoms with E-state index in [0.717, 1.165) is 5.46 Å². The van der Waals surface area contributed by atoms with Gasteiger partial charge in [-0.2, -0.15) is 0 Å². The van der Waals surface area contributed by atoms with Crippen molar-refractivity contribution in [3.8, 4) is 22.3 Å². The van der Waals surface area contributed by atoms with Crippen LogP contribution in [-0.2, 0) is 31.0 Å². The fourth-order valence-corrected chi connectivity index (χ4v) is 13.5. The molecule has 6 nitrogen and oxygen atoms in total. The zero-order chi connectivity index (χ0) is 61.6. The molecule has 1 fully saturated rings. The van der Waals surface area contributed by atoms with Crippen LogP contribution in [0.15, 0.2) is 186 Å². The summed E-state index contributed by atoms with van der Waals surface area (Å²) in [6.07, 6.45) is 0. The van der Waals surface area contributed by atoms with Gasteiger partial charge in [-0.1, -0.05) is 220 Å². The van der Waals surface area contributed by atoms with E-state index in [4.69, 9.17) is 29.7 Å². The van der Waals surface area contributed by atoms with Crippen molar-refractivity contribution in [2.24, 2.45) is 0 Å². The zero-order valence-corrected chi connectivity index (χ0v) is 53.6. The lowest BCUT2D eigenvalue weighted by molar-refractivity contribution is -0.107. The van der Waals surface area contributed by atoms with Gasteiger partial charge < -0.3 is 29.7 Å². The van der Waals surface area contributed by atoms with Gasteiger partial charge >= 0.3 is 7.12 Å². The van der Waals surface area contributed by atoms with Gasteiger partial charge in [0.2, 0.25) is 0 Å². The van der Waals surface area contributed by atoms with Crippen molar-refractivity contribution in [2.75, 3.05) is 0 Å². The molecule has 0 amide bonds. The van der Waals surface area contributed by atoms with Crippen LogP contribution < -0.4 is 5.46 Å². The highest BCUT2D eigenvalue weighted by molar-refractivity contribution is 9.10. The van der Waals surface area contributed by atoms with Gasteiger partial charge in [0.15, 0.2) is 0 Å². The highest BCUT2D eigenvalue weighted by Gasteiger charge is 2.58. The first-order valence-corrected chi connectivity index (χ1v) is 30.1. The molecule has 8 aromatic rings. The monoisotopic (exact) mass is 1180 g/mol. The number of benzene rings is 8. The van der Waals surface area contributed by atoms with Crippen LogP contribution in [0.5, 0.6) is 0 Å². The highest BCUT2D eigenvalue weighted by atomic mass is 79.9. The molecule has 1 aliphatic heterocycles. The molecular weight excluding hydrogens is 1100 g/mol. The lowest BCUT2D eigenvalue weighted by atomic mass is 9.55. The lowest BCUT2D eigenvalue weighted by Gasteiger charge is -2.46. The molecule has 1 heterocycles. The van der Waals surface area contributed by atoms with Gasteiger partial charge in [0, 0.05) is 36.3 Å². The number of halogens is 1. The van der Waals surface area contributed by atoms with Crippen molar-refractivity contribution in [1.82, 2.24) is 0 Å². The third kappa shape index (κ3) is 9.84. The molecule has 4 N–H and O–H groups in total. The molecule has 0 atom stereocenters. The molecule has 0 aromatic heterocycles. The molecule has 1 saturated heterocycles. The average Bonchev–Trinajstić information content (AvgIpc) is 1.59. The van der Waals surface area contributed by atoms with Gasteiger partial charge in [0.05, 0.1) is 44.4 Å². The maximum absolute atomic E-state index is 9.10. The Labute approximate surface area is 512 Å². The SMILES string of the molecule is CC(C)(O)C(C)(C)O.CC(C)(O)C(C)(C)O.CC1(C)c2ccccc2C2(c3ccccc3-c3c(B4OC(C)(C)C(C)(C)O4)cccc32)c2ccccc21.CC1(C)c2ccccc2C2(c3ccccc3-c3c(Br)cccc32)c2ccccc21.[B][B]. The molecule has 0 saturated carbocycles. The third-order valence-corrected chi connectivity index (χ3v) is 20.3. The summed E-state index contributed by atoms with van der Waals surface area (Å²) in [6, 6.07) is 67.5. The number of fused-ring (bicyclic) bond motifs is 18. The Morgan fingerprint density at radius 1 is 0.333 bits per heavy atom. The largest absolute Gasteiger partial charge is 0.495 e. The quantitative estimate of drug-likeness (QED) is 0.132. The summed E-state index contributed by atoms with van der Waals surface area (Å²) in [4.78, 5) is 0. The predicted octanol–water partition coefficient (Wildman–Crippen LogP) is 14.7. The van der Waals surface area contributed by atoms with Gasteiger partial charge in [-0.25, -0.2) is 0 Å². The normalized spacial score (nSPS) is 17.7. The van der Waals surface area contributed by atoms with Crippen molar-refractivity contribution in [3.63, 3.8) is 0 Å². The van der Waals surface area contributed by atoms with Gasteiger partial charge in [0.1, 0.15) is 0 Å². The smallest absolute Gasteiger partial charge is 0.399 e. The minimum Gasteiger partial charge on any atom is -0.399 e. The average molecular weight is 1180 g/mol. The first kappa shape index (κ1) is 62.7. The molecule has 13 rings (SSSR count). The van der Waals surface area contributed by atoms with Crippen LogP contribution in [0.25, 0.3) is 22.3 Å². The predicted molar refractivity (Wildman–Crippen MR) is 352 cm³/mol. The van der Waals surface area contributed by atoms with Crippen molar-refractivity contribution in [2.45, 2.75) is 166 Å². The van der Waals surface area contributed by atoms with E-state index in [0.29, 0.717) is 0 Å². The molecule has 4 aliphatic carbocycles. The molecule has 10 heteroatoms. The van der Waals surface area contributed by atoms with E-state index in [1.165, 1.54) is 93.5 Å². The first-order chi connectivity index (χ1) is 39.2. The van der Waals surface area contributed by atoms with Crippen molar-refractivity contribution in [3.05, 3.63) is 253 Å². The Bertz CT molecular complexity index is 3590. The number of aliphatic hydroxyl groups is 4. The standard InChI is InChI=1S/C34H33BO2.C28H21Br.2C6H14O2.B2/c1-31(2)24-16-9-11-18-26(24)34(27-19-12-10-17-25(27)31)23-15-8-7-14-22(23)30-28(34)20-13-21-29(30)35-36-32(3,4)33(5,6)37-35;1-27(2)20-12-5-7-14-22(20)28(23-15-8-6-13-21(23)27)19-11-4-3-10-18(19)26-24(28)16-9-17-25(26)29;2*1-5(2,7)6(3,4)8;1-2/h7-21H,1-6H3;3-17H,1-2H3;2*7-8H,1-4H3;. The molecule has 0 unspecified atom stereocenters. The van der Waals surface area contributed by atoms with Gasteiger partial charge in [-0.05, 0) is 178 Å². The maximum Gasteiger partial charge on any atom is 0.495 e. The summed E-state index contributed by atoms with van der Waals surface area (Å²) in [5.74, 6) is 0.